The first kappa shape index (κ1) is 32.7. The molecular formula is C34H65N3O3. The SMILES string of the molecule is CCCC[C@@H](C)[C@H]1CC[C@H]2C3C(OCCCN)CC4C[C@H](OCCCN)CC[C@]4(C)[C@H]3C[C@H](OCCCN)[C@]12C. The maximum absolute atomic E-state index is 6.95. The van der Waals surface area contributed by atoms with Crippen molar-refractivity contribution in [3.63, 3.8) is 0 Å². The van der Waals surface area contributed by atoms with Crippen LogP contribution >= 0.6 is 0 Å². The van der Waals surface area contributed by atoms with E-state index in [2.05, 4.69) is 27.7 Å². The summed E-state index contributed by atoms with van der Waals surface area (Å²) in [5, 5.41) is 0. The minimum Gasteiger partial charge on any atom is -0.378 e. The molecule has 40 heavy (non-hydrogen) atoms. The average Bonchev–Trinajstić information content (AvgIpc) is 3.31. The predicted molar refractivity (Wildman–Crippen MR) is 165 cm³/mol. The molecule has 6 heteroatoms. The van der Waals surface area contributed by atoms with Gasteiger partial charge in [-0.25, -0.2) is 0 Å². The van der Waals surface area contributed by atoms with Gasteiger partial charge in [-0.05, 0) is 125 Å². The molecule has 0 bridgehead atoms. The van der Waals surface area contributed by atoms with Crippen LogP contribution in [0.3, 0.4) is 0 Å². The fourth-order valence-electron chi connectivity index (χ4n) is 10.3. The van der Waals surface area contributed by atoms with Gasteiger partial charge < -0.3 is 31.4 Å². The van der Waals surface area contributed by atoms with Gasteiger partial charge in [0.15, 0.2) is 0 Å². The lowest BCUT2D eigenvalue weighted by Crippen LogP contribution is -2.63. The van der Waals surface area contributed by atoms with Gasteiger partial charge in [0.1, 0.15) is 0 Å². The molecule has 0 aromatic rings. The van der Waals surface area contributed by atoms with Crippen LogP contribution in [0, 0.1) is 46.3 Å². The first-order valence-corrected chi connectivity index (χ1v) is 17.3. The summed E-state index contributed by atoms with van der Waals surface area (Å²) < 4.78 is 20.2. The molecule has 0 radical (unpaired) electrons. The molecule has 4 aliphatic carbocycles. The van der Waals surface area contributed by atoms with Crippen LogP contribution in [-0.4, -0.2) is 57.8 Å². The van der Waals surface area contributed by atoms with Crippen LogP contribution in [0.5, 0.6) is 0 Å². The molecule has 6 nitrogen and oxygen atoms in total. The van der Waals surface area contributed by atoms with Crippen LogP contribution in [0.2, 0.25) is 0 Å². The molecule has 11 atom stereocenters. The Balaban J connectivity index is 1.64. The molecule has 0 saturated heterocycles. The van der Waals surface area contributed by atoms with E-state index >= 15 is 0 Å². The zero-order valence-electron chi connectivity index (χ0n) is 26.6. The Morgan fingerprint density at radius 1 is 0.775 bits per heavy atom. The van der Waals surface area contributed by atoms with Crippen molar-refractivity contribution in [1.29, 1.82) is 0 Å². The first-order chi connectivity index (χ1) is 19.3. The summed E-state index contributed by atoms with van der Waals surface area (Å²) >= 11 is 0. The average molecular weight is 564 g/mol. The fourth-order valence-corrected chi connectivity index (χ4v) is 10.3. The zero-order valence-corrected chi connectivity index (χ0v) is 26.6. The molecule has 0 heterocycles. The maximum atomic E-state index is 6.95. The van der Waals surface area contributed by atoms with E-state index in [0.29, 0.717) is 67.0 Å². The lowest BCUT2D eigenvalue weighted by atomic mass is 9.43. The Labute approximate surface area is 246 Å². The second-order valence-electron chi connectivity index (χ2n) is 14.6. The minimum atomic E-state index is 0.212. The van der Waals surface area contributed by atoms with E-state index in [0.717, 1.165) is 50.9 Å². The highest BCUT2D eigenvalue weighted by Crippen LogP contribution is 2.69. The molecule has 0 aromatic heterocycles. The number of ether oxygens (including phenoxy) is 3. The summed E-state index contributed by atoms with van der Waals surface area (Å²) in [6.07, 6.45) is 16.5. The third-order valence-corrected chi connectivity index (χ3v) is 12.5. The fraction of sp³-hybridized carbons (Fsp3) is 1.00. The molecule has 0 spiro atoms. The molecule has 0 aromatic carbocycles. The third-order valence-electron chi connectivity index (χ3n) is 12.5. The van der Waals surface area contributed by atoms with E-state index in [1.807, 2.05) is 0 Å². The molecule has 4 rings (SSSR count). The van der Waals surface area contributed by atoms with E-state index in [9.17, 15) is 0 Å². The van der Waals surface area contributed by atoms with Gasteiger partial charge in [0, 0.05) is 25.2 Å². The van der Waals surface area contributed by atoms with E-state index in [1.165, 1.54) is 64.2 Å². The molecule has 4 fully saturated rings. The summed E-state index contributed by atoms with van der Waals surface area (Å²) in [6, 6.07) is 0. The van der Waals surface area contributed by atoms with E-state index in [4.69, 9.17) is 31.4 Å². The maximum Gasteiger partial charge on any atom is 0.0637 e. The third kappa shape index (κ3) is 6.63. The zero-order chi connectivity index (χ0) is 28.8. The van der Waals surface area contributed by atoms with Crippen LogP contribution in [0.4, 0.5) is 0 Å². The topological polar surface area (TPSA) is 106 Å². The summed E-state index contributed by atoms with van der Waals surface area (Å²) in [5.74, 6) is 4.05. The highest BCUT2D eigenvalue weighted by Gasteiger charge is 2.66. The Morgan fingerprint density at radius 2 is 1.45 bits per heavy atom. The minimum absolute atomic E-state index is 0.212. The normalized spacial score (nSPS) is 41.8. The molecule has 3 unspecified atom stereocenters. The standard InChI is InChI=1S/C34H65N3O3/c1-5-6-10-24(2)27-11-12-28-32-29(23-31(34(27,28)4)40-20-9-17-37)33(3)14-13-26(38-18-7-15-35)21-25(33)22-30(32)39-19-8-16-36/h24-32H,5-23,35-37H2,1-4H3/t24-,25?,26-,27-,28+,29+,30?,31+,32?,33+,34-/m1/s1. The Bertz CT molecular complexity index is 754. The second-order valence-corrected chi connectivity index (χ2v) is 14.6. The molecule has 4 aliphatic rings. The highest BCUT2D eigenvalue weighted by molar-refractivity contribution is 5.15. The second kappa shape index (κ2) is 15.0. The summed E-state index contributed by atoms with van der Waals surface area (Å²) in [4.78, 5) is 0. The molecule has 0 aliphatic heterocycles. The van der Waals surface area contributed by atoms with Crippen LogP contribution in [0.15, 0.2) is 0 Å². The van der Waals surface area contributed by atoms with Gasteiger partial charge in [-0.3, -0.25) is 0 Å². The van der Waals surface area contributed by atoms with Crippen LogP contribution in [-0.2, 0) is 14.2 Å². The van der Waals surface area contributed by atoms with Gasteiger partial charge >= 0.3 is 0 Å². The Hall–Kier alpha value is -0.240. The van der Waals surface area contributed by atoms with Gasteiger partial charge in [0.05, 0.1) is 18.3 Å². The van der Waals surface area contributed by atoms with Gasteiger partial charge in [-0.15, -0.1) is 0 Å². The van der Waals surface area contributed by atoms with E-state index in [1.54, 1.807) is 0 Å². The largest absolute Gasteiger partial charge is 0.378 e. The smallest absolute Gasteiger partial charge is 0.0637 e. The molecule has 6 N–H and O–H groups in total. The Morgan fingerprint density at radius 3 is 2.12 bits per heavy atom. The number of fused-ring (bicyclic) bond motifs is 5. The molecule has 4 saturated carbocycles. The number of rotatable bonds is 16. The molecule has 234 valence electrons. The van der Waals surface area contributed by atoms with Crippen molar-refractivity contribution in [2.24, 2.45) is 63.5 Å². The van der Waals surface area contributed by atoms with Crippen molar-refractivity contribution in [2.45, 2.75) is 129 Å². The number of nitrogens with two attached hydrogens (primary N) is 3. The summed E-state index contributed by atoms with van der Waals surface area (Å²) in [6.45, 7) is 14.6. The van der Waals surface area contributed by atoms with Gasteiger partial charge in [0.2, 0.25) is 0 Å². The number of unbranched alkanes of at least 4 members (excludes halogenated alkanes) is 1. The van der Waals surface area contributed by atoms with Gasteiger partial charge in [-0.2, -0.15) is 0 Å². The Kier molecular flexibility index (Phi) is 12.2. The number of hydrogen-bond acceptors (Lipinski definition) is 6. The van der Waals surface area contributed by atoms with Crippen molar-refractivity contribution in [2.75, 3.05) is 39.5 Å². The van der Waals surface area contributed by atoms with Crippen molar-refractivity contribution in [3.8, 4) is 0 Å². The molecular weight excluding hydrogens is 498 g/mol. The van der Waals surface area contributed by atoms with Crippen molar-refractivity contribution >= 4 is 0 Å². The lowest BCUT2D eigenvalue weighted by molar-refractivity contribution is -0.227. The van der Waals surface area contributed by atoms with E-state index < -0.39 is 0 Å². The van der Waals surface area contributed by atoms with Crippen molar-refractivity contribution < 1.29 is 14.2 Å². The van der Waals surface area contributed by atoms with Crippen LogP contribution < -0.4 is 17.2 Å². The quantitative estimate of drug-likeness (QED) is 0.202. The highest BCUT2D eigenvalue weighted by atomic mass is 16.5. The van der Waals surface area contributed by atoms with Crippen LogP contribution in [0.1, 0.15) is 111 Å². The van der Waals surface area contributed by atoms with Crippen molar-refractivity contribution in [3.05, 3.63) is 0 Å². The number of hydrogen-bond donors (Lipinski definition) is 3. The van der Waals surface area contributed by atoms with Crippen molar-refractivity contribution in [1.82, 2.24) is 0 Å². The first-order valence-electron chi connectivity index (χ1n) is 17.3. The predicted octanol–water partition coefficient (Wildman–Crippen LogP) is 5.89. The molecule has 0 amide bonds. The van der Waals surface area contributed by atoms with E-state index in [-0.39, 0.29) is 5.41 Å². The van der Waals surface area contributed by atoms with Crippen LogP contribution in [0.25, 0.3) is 0 Å². The lowest BCUT2D eigenvalue weighted by Gasteiger charge is -2.65. The van der Waals surface area contributed by atoms with Gasteiger partial charge in [-0.1, -0.05) is 47.0 Å². The monoisotopic (exact) mass is 564 g/mol. The summed E-state index contributed by atoms with van der Waals surface area (Å²) in [7, 11) is 0. The van der Waals surface area contributed by atoms with Gasteiger partial charge in [0.25, 0.3) is 0 Å². The summed E-state index contributed by atoms with van der Waals surface area (Å²) in [5.41, 5.74) is 18.2.